The zero-order chi connectivity index (χ0) is 17.8. The minimum Gasteiger partial charge on any atom is -0.484 e. The second-order valence-electron chi connectivity index (χ2n) is 6.71. The minimum atomic E-state index is 0. The first kappa shape index (κ1) is 22.3. The predicted molar refractivity (Wildman–Crippen MR) is 112 cm³/mol. The zero-order valence-electron chi connectivity index (χ0n) is 15.5. The SMILES string of the molecule is Cl.Cl.O=C(COc1ccc(Oc2ccccn2)cc1)N1C2CCNCC1CC2. The Labute approximate surface area is 177 Å². The predicted octanol–water partition coefficient (Wildman–Crippen LogP) is 3.45. The molecular formula is C20H25Cl2N3O3. The lowest BCUT2D eigenvalue weighted by Crippen LogP contribution is -2.44. The summed E-state index contributed by atoms with van der Waals surface area (Å²) in [4.78, 5) is 18.8. The number of carbonyl (C=O) groups excluding carboxylic acids is 1. The smallest absolute Gasteiger partial charge is 0.261 e. The first-order valence-electron chi connectivity index (χ1n) is 9.13. The maximum Gasteiger partial charge on any atom is 0.261 e. The molecule has 28 heavy (non-hydrogen) atoms. The van der Waals surface area contributed by atoms with Crippen molar-refractivity contribution in [3.05, 3.63) is 48.7 Å². The van der Waals surface area contributed by atoms with Crippen LogP contribution in [0.4, 0.5) is 0 Å². The van der Waals surface area contributed by atoms with Crippen LogP contribution in [0.3, 0.4) is 0 Å². The van der Waals surface area contributed by atoms with Crippen LogP contribution in [0.15, 0.2) is 48.7 Å². The molecule has 3 heterocycles. The molecule has 2 aliphatic rings. The van der Waals surface area contributed by atoms with E-state index in [1.807, 2.05) is 41.3 Å². The molecule has 2 unspecified atom stereocenters. The van der Waals surface area contributed by atoms with Crippen molar-refractivity contribution < 1.29 is 14.3 Å². The highest BCUT2D eigenvalue weighted by Gasteiger charge is 2.37. The van der Waals surface area contributed by atoms with Gasteiger partial charge in [-0.05, 0) is 56.1 Å². The highest BCUT2D eigenvalue weighted by Crippen LogP contribution is 2.28. The minimum absolute atomic E-state index is 0. The number of aromatic nitrogens is 1. The van der Waals surface area contributed by atoms with Gasteiger partial charge in [0.25, 0.3) is 5.91 Å². The lowest BCUT2D eigenvalue weighted by molar-refractivity contribution is -0.136. The van der Waals surface area contributed by atoms with Crippen LogP contribution in [0, 0.1) is 0 Å². The fourth-order valence-corrected chi connectivity index (χ4v) is 3.74. The van der Waals surface area contributed by atoms with Crippen LogP contribution in [-0.2, 0) is 4.79 Å². The molecule has 2 aromatic rings. The molecule has 2 aliphatic heterocycles. The van der Waals surface area contributed by atoms with Gasteiger partial charge in [0.05, 0.1) is 0 Å². The molecule has 8 heteroatoms. The molecule has 0 aliphatic carbocycles. The van der Waals surface area contributed by atoms with Gasteiger partial charge in [0, 0.05) is 30.9 Å². The Morgan fingerprint density at radius 1 is 1.04 bits per heavy atom. The van der Waals surface area contributed by atoms with Gasteiger partial charge in [-0.1, -0.05) is 6.07 Å². The van der Waals surface area contributed by atoms with Crippen molar-refractivity contribution >= 4 is 30.7 Å². The van der Waals surface area contributed by atoms with Gasteiger partial charge in [-0.15, -0.1) is 24.8 Å². The number of rotatable bonds is 5. The Morgan fingerprint density at radius 2 is 1.79 bits per heavy atom. The molecule has 152 valence electrons. The molecule has 4 rings (SSSR count). The molecule has 2 fully saturated rings. The Morgan fingerprint density at radius 3 is 2.54 bits per heavy atom. The molecule has 1 aromatic heterocycles. The van der Waals surface area contributed by atoms with E-state index in [2.05, 4.69) is 10.3 Å². The summed E-state index contributed by atoms with van der Waals surface area (Å²) in [5.41, 5.74) is 0. The Balaban J connectivity index is 0.00000140. The highest BCUT2D eigenvalue weighted by molar-refractivity contribution is 5.85. The van der Waals surface area contributed by atoms with Gasteiger partial charge in [-0.2, -0.15) is 0 Å². The molecule has 1 N–H and O–H groups in total. The lowest BCUT2D eigenvalue weighted by atomic mass is 10.1. The van der Waals surface area contributed by atoms with Gasteiger partial charge in [0.2, 0.25) is 5.88 Å². The van der Waals surface area contributed by atoms with Gasteiger partial charge in [-0.25, -0.2) is 4.98 Å². The van der Waals surface area contributed by atoms with Crippen LogP contribution < -0.4 is 14.8 Å². The number of ether oxygens (including phenoxy) is 2. The van der Waals surface area contributed by atoms with E-state index in [4.69, 9.17) is 9.47 Å². The summed E-state index contributed by atoms with van der Waals surface area (Å²) in [6.45, 7) is 1.96. The van der Waals surface area contributed by atoms with E-state index in [9.17, 15) is 4.79 Å². The maximum absolute atomic E-state index is 12.6. The number of nitrogens with one attached hydrogen (secondary N) is 1. The number of benzene rings is 1. The van der Waals surface area contributed by atoms with Gasteiger partial charge >= 0.3 is 0 Å². The largest absolute Gasteiger partial charge is 0.484 e. The zero-order valence-corrected chi connectivity index (χ0v) is 17.1. The summed E-state index contributed by atoms with van der Waals surface area (Å²) in [5, 5.41) is 3.41. The Bertz CT molecular complexity index is 732. The lowest BCUT2D eigenvalue weighted by Gasteiger charge is -2.27. The second-order valence-corrected chi connectivity index (χ2v) is 6.71. The summed E-state index contributed by atoms with van der Waals surface area (Å²) >= 11 is 0. The number of pyridine rings is 1. The molecular weight excluding hydrogens is 401 g/mol. The molecule has 2 bridgehead atoms. The molecule has 1 aromatic carbocycles. The fourth-order valence-electron chi connectivity index (χ4n) is 3.74. The Kier molecular flexibility index (Phi) is 8.35. The third kappa shape index (κ3) is 5.28. The third-order valence-corrected chi connectivity index (χ3v) is 4.99. The third-order valence-electron chi connectivity index (χ3n) is 4.99. The van der Waals surface area contributed by atoms with E-state index >= 15 is 0 Å². The highest BCUT2D eigenvalue weighted by atomic mass is 35.5. The van der Waals surface area contributed by atoms with E-state index in [0.29, 0.717) is 29.5 Å². The number of amides is 1. The quantitative estimate of drug-likeness (QED) is 0.794. The molecule has 6 nitrogen and oxygen atoms in total. The van der Waals surface area contributed by atoms with Crippen molar-refractivity contribution in [1.29, 1.82) is 0 Å². The summed E-state index contributed by atoms with van der Waals surface area (Å²) in [7, 11) is 0. The first-order chi connectivity index (χ1) is 12.8. The normalized spacial score (nSPS) is 20.4. The van der Waals surface area contributed by atoms with Crippen molar-refractivity contribution in [2.24, 2.45) is 0 Å². The number of hydrogen-bond donors (Lipinski definition) is 1. The summed E-state index contributed by atoms with van der Waals surface area (Å²) in [6, 6.07) is 13.4. The van der Waals surface area contributed by atoms with Crippen LogP contribution in [0.25, 0.3) is 0 Å². The summed E-state index contributed by atoms with van der Waals surface area (Å²) in [5.74, 6) is 1.96. The number of fused-ring (bicyclic) bond motifs is 2. The van der Waals surface area contributed by atoms with Crippen molar-refractivity contribution in [1.82, 2.24) is 15.2 Å². The molecule has 2 atom stereocenters. The van der Waals surface area contributed by atoms with E-state index < -0.39 is 0 Å². The topological polar surface area (TPSA) is 63.7 Å². The van der Waals surface area contributed by atoms with Crippen LogP contribution in [-0.4, -0.2) is 47.6 Å². The fraction of sp³-hybridized carbons (Fsp3) is 0.400. The molecule has 1 amide bonds. The van der Waals surface area contributed by atoms with Crippen molar-refractivity contribution in [3.63, 3.8) is 0 Å². The van der Waals surface area contributed by atoms with Crippen LogP contribution >= 0.6 is 24.8 Å². The Hall–Kier alpha value is -2.02. The van der Waals surface area contributed by atoms with E-state index in [-0.39, 0.29) is 37.3 Å². The van der Waals surface area contributed by atoms with Gasteiger partial charge in [-0.3, -0.25) is 4.79 Å². The van der Waals surface area contributed by atoms with Gasteiger partial charge in [0.15, 0.2) is 6.61 Å². The molecule has 0 radical (unpaired) electrons. The number of carbonyl (C=O) groups is 1. The molecule has 0 spiro atoms. The van der Waals surface area contributed by atoms with Crippen molar-refractivity contribution in [3.8, 4) is 17.4 Å². The van der Waals surface area contributed by atoms with Gasteiger partial charge in [0.1, 0.15) is 11.5 Å². The van der Waals surface area contributed by atoms with Crippen molar-refractivity contribution in [2.45, 2.75) is 31.3 Å². The van der Waals surface area contributed by atoms with Crippen LogP contribution in [0.2, 0.25) is 0 Å². The average molecular weight is 426 g/mol. The monoisotopic (exact) mass is 425 g/mol. The number of hydrogen-bond acceptors (Lipinski definition) is 5. The standard InChI is InChI=1S/C20H23N3O3.2ClH/c24-20(23-15-4-5-16(23)13-21-12-10-15)14-25-17-6-8-18(9-7-17)26-19-3-1-2-11-22-19;;/h1-3,6-9,11,15-16,21H,4-5,10,12-14H2;2*1H. The van der Waals surface area contributed by atoms with E-state index in [0.717, 1.165) is 32.4 Å². The van der Waals surface area contributed by atoms with E-state index in [1.165, 1.54) is 0 Å². The van der Waals surface area contributed by atoms with Crippen LogP contribution in [0.1, 0.15) is 19.3 Å². The van der Waals surface area contributed by atoms with Gasteiger partial charge < -0.3 is 19.7 Å². The maximum atomic E-state index is 12.6. The number of nitrogens with zero attached hydrogens (tertiary/aromatic N) is 2. The molecule has 2 saturated heterocycles. The first-order valence-corrected chi connectivity index (χ1v) is 9.13. The second kappa shape index (κ2) is 10.5. The summed E-state index contributed by atoms with van der Waals surface area (Å²) in [6.07, 6.45) is 4.91. The summed E-state index contributed by atoms with van der Waals surface area (Å²) < 4.78 is 11.4. The average Bonchev–Trinajstić information content (AvgIpc) is 2.94. The van der Waals surface area contributed by atoms with E-state index in [1.54, 1.807) is 12.3 Å². The number of halogens is 2. The molecule has 0 saturated carbocycles. The van der Waals surface area contributed by atoms with Crippen molar-refractivity contribution in [2.75, 3.05) is 19.7 Å². The van der Waals surface area contributed by atoms with Crippen LogP contribution in [0.5, 0.6) is 17.4 Å².